The zero-order valence-corrected chi connectivity index (χ0v) is 9.81. The summed E-state index contributed by atoms with van der Waals surface area (Å²) in [6, 6.07) is 7.95. The number of aliphatic carboxylic acids is 1. The molecular weight excluding hydrogens is 214 g/mol. The quantitative estimate of drug-likeness (QED) is 0.817. The third kappa shape index (κ3) is 1.54. The molecule has 2 aromatic rings. The van der Waals surface area contributed by atoms with Crippen LogP contribution in [-0.4, -0.2) is 15.6 Å². The van der Waals surface area contributed by atoms with E-state index in [9.17, 15) is 9.90 Å². The number of hydrogen-bond donors (Lipinski definition) is 1. The molecule has 2 heterocycles. The van der Waals surface area contributed by atoms with Gasteiger partial charge in [0.1, 0.15) is 6.04 Å². The van der Waals surface area contributed by atoms with Gasteiger partial charge in [-0.2, -0.15) is 0 Å². The molecule has 0 spiro atoms. The van der Waals surface area contributed by atoms with Gasteiger partial charge in [0.05, 0.1) is 0 Å². The number of rotatable bonds is 1. The summed E-state index contributed by atoms with van der Waals surface area (Å²) in [6.45, 7) is 2.06. The summed E-state index contributed by atoms with van der Waals surface area (Å²) >= 11 is 0. The van der Waals surface area contributed by atoms with Crippen molar-refractivity contribution < 1.29 is 9.90 Å². The van der Waals surface area contributed by atoms with Crippen LogP contribution in [-0.2, 0) is 11.2 Å². The van der Waals surface area contributed by atoms with Gasteiger partial charge in [0, 0.05) is 16.6 Å². The van der Waals surface area contributed by atoms with Crippen LogP contribution in [0.5, 0.6) is 0 Å². The second-order valence-electron chi connectivity index (χ2n) is 4.81. The maximum Gasteiger partial charge on any atom is 0.326 e. The first kappa shape index (κ1) is 10.4. The molecule has 1 aromatic heterocycles. The van der Waals surface area contributed by atoms with Crippen LogP contribution in [0, 0.1) is 6.92 Å². The van der Waals surface area contributed by atoms with Crippen molar-refractivity contribution in [1.29, 1.82) is 0 Å². The minimum atomic E-state index is -0.718. The molecule has 1 N–H and O–H groups in total. The van der Waals surface area contributed by atoms with Crippen LogP contribution in [0.25, 0.3) is 10.9 Å². The first-order valence-corrected chi connectivity index (χ1v) is 6.00. The van der Waals surface area contributed by atoms with Gasteiger partial charge in [0.2, 0.25) is 0 Å². The molecule has 3 heteroatoms. The number of carboxylic acid groups (broad SMARTS) is 1. The van der Waals surface area contributed by atoms with Crippen molar-refractivity contribution in [3.63, 3.8) is 0 Å². The van der Waals surface area contributed by atoms with Crippen LogP contribution in [0.3, 0.4) is 0 Å². The van der Waals surface area contributed by atoms with Crippen LogP contribution in [0.2, 0.25) is 0 Å². The minimum absolute atomic E-state index is 0.390. The molecule has 88 valence electrons. The van der Waals surface area contributed by atoms with Gasteiger partial charge in [-0.3, -0.25) is 0 Å². The van der Waals surface area contributed by atoms with E-state index in [-0.39, 0.29) is 6.04 Å². The van der Waals surface area contributed by atoms with Gasteiger partial charge in [-0.25, -0.2) is 4.79 Å². The molecule has 0 radical (unpaired) electrons. The van der Waals surface area contributed by atoms with Crippen LogP contribution in [0.1, 0.15) is 30.1 Å². The highest BCUT2D eigenvalue weighted by molar-refractivity contribution is 5.85. The van der Waals surface area contributed by atoms with Crippen molar-refractivity contribution in [2.24, 2.45) is 0 Å². The molecule has 0 saturated heterocycles. The van der Waals surface area contributed by atoms with Crippen molar-refractivity contribution in [2.75, 3.05) is 0 Å². The average molecular weight is 229 g/mol. The van der Waals surface area contributed by atoms with E-state index in [0.717, 1.165) is 35.9 Å². The first-order chi connectivity index (χ1) is 8.16. The highest BCUT2D eigenvalue weighted by atomic mass is 16.4. The second-order valence-corrected chi connectivity index (χ2v) is 4.81. The Balaban J connectivity index is 2.27. The van der Waals surface area contributed by atoms with Gasteiger partial charge < -0.3 is 9.67 Å². The van der Waals surface area contributed by atoms with Crippen LogP contribution in [0.15, 0.2) is 24.3 Å². The summed E-state index contributed by atoms with van der Waals surface area (Å²) in [7, 11) is 0. The maximum atomic E-state index is 11.3. The molecule has 0 amide bonds. The van der Waals surface area contributed by atoms with E-state index in [2.05, 4.69) is 19.1 Å². The molecule has 3 rings (SSSR count). The van der Waals surface area contributed by atoms with Crippen LogP contribution >= 0.6 is 0 Å². The van der Waals surface area contributed by atoms with Crippen molar-refractivity contribution in [3.05, 3.63) is 35.5 Å². The van der Waals surface area contributed by atoms with Gasteiger partial charge in [0.15, 0.2) is 0 Å². The predicted molar refractivity (Wildman–Crippen MR) is 66.3 cm³/mol. The predicted octanol–water partition coefficient (Wildman–Crippen LogP) is 2.91. The van der Waals surface area contributed by atoms with E-state index in [1.165, 1.54) is 5.56 Å². The number of carbonyl (C=O) groups is 1. The molecule has 1 aliphatic heterocycles. The van der Waals surface area contributed by atoms with Crippen LogP contribution in [0.4, 0.5) is 0 Å². The van der Waals surface area contributed by atoms with Crippen molar-refractivity contribution in [2.45, 2.75) is 32.2 Å². The molecule has 1 unspecified atom stereocenters. The van der Waals surface area contributed by atoms with E-state index in [1.807, 2.05) is 16.7 Å². The number of benzene rings is 1. The Morgan fingerprint density at radius 2 is 2.24 bits per heavy atom. The fraction of sp³-hybridized carbons (Fsp3) is 0.357. The van der Waals surface area contributed by atoms with Gasteiger partial charge in [0.25, 0.3) is 0 Å². The summed E-state index contributed by atoms with van der Waals surface area (Å²) in [5, 5.41) is 10.5. The topological polar surface area (TPSA) is 42.2 Å². The smallest absolute Gasteiger partial charge is 0.326 e. The van der Waals surface area contributed by atoms with E-state index >= 15 is 0 Å². The fourth-order valence-electron chi connectivity index (χ4n) is 2.81. The molecule has 0 aliphatic carbocycles. The van der Waals surface area contributed by atoms with Gasteiger partial charge in [-0.15, -0.1) is 0 Å². The Hall–Kier alpha value is -1.77. The third-order valence-electron chi connectivity index (χ3n) is 3.58. The highest BCUT2D eigenvalue weighted by Gasteiger charge is 2.27. The second kappa shape index (κ2) is 3.62. The van der Waals surface area contributed by atoms with E-state index in [0.29, 0.717) is 0 Å². The monoisotopic (exact) mass is 229 g/mol. The molecule has 0 fully saturated rings. The molecule has 0 bridgehead atoms. The van der Waals surface area contributed by atoms with Gasteiger partial charge in [-0.1, -0.05) is 11.6 Å². The Bertz CT molecular complexity index is 598. The Labute approximate surface area is 99.7 Å². The summed E-state index contributed by atoms with van der Waals surface area (Å²) in [4.78, 5) is 11.3. The molecule has 0 saturated carbocycles. The number of aromatic nitrogens is 1. The van der Waals surface area contributed by atoms with Crippen molar-refractivity contribution in [3.8, 4) is 0 Å². The maximum absolute atomic E-state index is 11.3. The zero-order chi connectivity index (χ0) is 12.0. The van der Waals surface area contributed by atoms with Crippen LogP contribution < -0.4 is 0 Å². The summed E-state index contributed by atoms with van der Waals surface area (Å²) in [5.41, 5.74) is 3.43. The number of nitrogens with zero attached hydrogens (tertiary/aromatic N) is 1. The molecule has 1 atom stereocenters. The van der Waals surface area contributed by atoms with Gasteiger partial charge >= 0.3 is 5.97 Å². The lowest BCUT2D eigenvalue weighted by atomic mass is 10.0. The summed E-state index contributed by atoms with van der Waals surface area (Å²) in [6.07, 6.45) is 2.68. The fourth-order valence-corrected chi connectivity index (χ4v) is 2.81. The lowest BCUT2D eigenvalue weighted by Gasteiger charge is -2.23. The standard InChI is InChI=1S/C14H15NO2/c1-9-5-6-12-10(7-9)8-11-3-2-4-13(14(16)17)15(11)12/h5-8,13H,2-4H2,1H3,(H,16,17). The molecule has 1 aliphatic rings. The van der Waals surface area contributed by atoms with Crippen molar-refractivity contribution in [1.82, 2.24) is 4.57 Å². The third-order valence-corrected chi connectivity index (χ3v) is 3.58. The Morgan fingerprint density at radius 3 is 3.00 bits per heavy atom. The number of aryl methyl sites for hydroxylation is 2. The Morgan fingerprint density at radius 1 is 1.41 bits per heavy atom. The lowest BCUT2D eigenvalue weighted by Crippen LogP contribution is -2.24. The summed E-state index contributed by atoms with van der Waals surface area (Å²) < 4.78 is 2.00. The van der Waals surface area contributed by atoms with Crippen molar-refractivity contribution >= 4 is 16.9 Å². The number of hydrogen-bond acceptors (Lipinski definition) is 1. The Kier molecular flexibility index (Phi) is 2.21. The lowest BCUT2D eigenvalue weighted by molar-refractivity contribution is -0.141. The number of carboxylic acids is 1. The van der Waals surface area contributed by atoms with Gasteiger partial charge in [-0.05, 0) is 44.4 Å². The SMILES string of the molecule is Cc1ccc2c(c1)cc1n2C(C(=O)O)CCC1. The van der Waals surface area contributed by atoms with E-state index in [1.54, 1.807) is 0 Å². The molecule has 3 nitrogen and oxygen atoms in total. The molecular formula is C14H15NO2. The zero-order valence-electron chi connectivity index (χ0n) is 9.81. The largest absolute Gasteiger partial charge is 0.480 e. The highest BCUT2D eigenvalue weighted by Crippen LogP contribution is 2.32. The average Bonchev–Trinajstić information content (AvgIpc) is 2.65. The van der Waals surface area contributed by atoms with E-state index < -0.39 is 5.97 Å². The number of fused-ring (bicyclic) bond motifs is 3. The first-order valence-electron chi connectivity index (χ1n) is 6.00. The normalized spacial score (nSPS) is 19.2. The van der Waals surface area contributed by atoms with E-state index in [4.69, 9.17) is 0 Å². The molecule has 17 heavy (non-hydrogen) atoms. The molecule has 1 aromatic carbocycles. The summed E-state index contributed by atoms with van der Waals surface area (Å²) in [5.74, 6) is -0.718. The minimum Gasteiger partial charge on any atom is -0.480 e.